The molecule has 3 rings (SSSR count). The number of hydrogen-bond donors (Lipinski definition) is 0. The minimum Gasteiger partial charge on any atom is -0.274 e. The third-order valence-corrected chi connectivity index (χ3v) is 4.88. The highest BCUT2D eigenvalue weighted by Crippen LogP contribution is 2.39. The van der Waals surface area contributed by atoms with E-state index in [-0.39, 0.29) is 11.8 Å². The number of benzene rings is 2. The molecular weight excluding hydrogens is 330 g/mol. The Bertz CT molecular complexity index is 784. The van der Waals surface area contributed by atoms with E-state index >= 15 is 0 Å². The Kier molecular flexibility index (Phi) is 4.55. The molecule has 0 N–H and O–H groups in total. The fourth-order valence-electron chi connectivity index (χ4n) is 2.41. The summed E-state index contributed by atoms with van der Waals surface area (Å²) in [7, 11) is 0. The van der Waals surface area contributed by atoms with Gasteiger partial charge in [0, 0.05) is 16.5 Å². The molecule has 0 saturated carbocycles. The van der Waals surface area contributed by atoms with Gasteiger partial charge in [0.25, 0.3) is 11.8 Å². The molecule has 1 aliphatic heterocycles. The first-order valence-corrected chi connectivity index (χ1v) is 8.40. The highest BCUT2D eigenvalue weighted by Gasteiger charge is 2.38. The van der Waals surface area contributed by atoms with Gasteiger partial charge in [-0.25, -0.2) is 0 Å². The molecule has 23 heavy (non-hydrogen) atoms. The maximum atomic E-state index is 12.6. The Labute approximate surface area is 143 Å². The average molecular weight is 344 g/mol. The molecule has 0 bridgehead atoms. The molecule has 2 aromatic rings. The van der Waals surface area contributed by atoms with Crippen molar-refractivity contribution >= 4 is 40.8 Å². The lowest BCUT2D eigenvalue weighted by Gasteiger charge is -2.11. The topological polar surface area (TPSA) is 37.4 Å². The lowest BCUT2D eigenvalue weighted by molar-refractivity contribution is -0.136. The van der Waals surface area contributed by atoms with Crippen LogP contribution in [0.25, 0.3) is 5.57 Å². The maximum absolute atomic E-state index is 12.6. The van der Waals surface area contributed by atoms with Crippen LogP contribution in [-0.2, 0) is 9.59 Å². The molecule has 3 nitrogen and oxygen atoms in total. The standard InChI is InChI=1S/C18H14ClNO2S/c1-2-20-17(21)15(12-8-10-13(19)11-9-12)16(18(20)22)23-14-6-4-3-5-7-14/h3-11H,2H2,1H3. The van der Waals surface area contributed by atoms with Gasteiger partial charge in [0.15, 0.2) is 0 Å². The summed E-state index contributed by atoms with van der Waals surface area (Å²) in [5.41, 5.74) is 1.16. The molecule has 116 valence electrons. The Morgan fingerprint density at radius 2 is 1.61 bits per heavy atom. The second-order valence-corrected chi connectivity index (χ2v) is 6.50. The van der Waals surface area contributed by atoms with Crippen LogP contribution in [0.3, 0.4) is 0 Å². The van der Waals surface area contributed by atoms with Gasteiger partial charge in [-0.2, -0.15) is 0 Å². The Morgan fingerprint density at radius 1 is 0.957 bits per heavy atom. The summed E-state index contributed by atoms with van der Waals surface area (Å²) >= 11 is 7.25. The van der Waals surface area contributed by atoms with E-state index in [9.17, 15) is 9.59 Å². The summed E-state index contributed by atoms with van der Waals surface area (Å²) in [6.07, 6.45) is 0. The van der Waals surface area contributed by atoms with Gasteiger partial charge >= 0.3 is 0 Å². The molecule has 2 aromatic carbocycles. The van der Waals surface area contributed by atoms with Crippen molar-refractivity contribution in [2.24, 2.45) is 0 Å². The number of hydrogen-bond acceptors (Lipinski definition) is 3. The van der Waals surface area contributed by atoms with Crippen LogP contribution in [0.15, 0.2) is 64.4 Å². The number of halogens is 1. The summed E-state index contributed by atoms with van der Waals surface area (Å²) in [6, 6.07) is 16.6. The van der Waals surface area contributed by atoms with Gasteiger partial charge in [-0.05, 0) is 36.8 Å². The van der Waals surface area contributed by atoms with E-state index < -0.39 is 0 Å². The van der Waals surface area contributed by atoms with E-state index in [1.54, 1.807) is 31.2 Å². The van der Waals surface area contributed by atoms with Gasteiger partial charge in [-0.15, -0.1) is 0 Å². The number of carbonyl (C=O) groups excluding carboxylic acids is 2. The van der Waals surface area contributed by atoms with Crippen molar-refractivity contribution in [1.29, 1.82) is 0 Å². The lowest BCUT2D eigenvalue weighted by Crippen LogP contribution is -2.31. The molecule has 1 heterocycles. The minimum absolute atomic E-state index is 0.240. The van der Waals surface area contributed by atoms with Crippen LogP contribution in [0.2, 0.25) is 5.02 Å². The van der Waals surface area contributed by atoms with Crippen LogP contribution in [-0.4, -0.2) is 23.3 Å². The summed E-state index contributed by atoms with van der Waals surface area (Å²) in [5.74, 6) is -0.491. The molecule has 0 radical (unpaired) electrons. The van der Waals surface area contributed by atoms with Crippen molar-refractivity contribution in [1.82, 2.24) is 4.90 Å². The highest BCUT2D eigenvalue weighted by molar-refractivity contribution is 8.04. The van der Waals surface area contributed by atoms with Crippen LogP contribution >= 0.6 is 23.4 Å². The molecule has 0 spiro atoms. The van der Waals surface area contributed by atoms with Gasteiger partial charge in [-0.1, -0.05) is 53.7 Å². The monoisotopic (exact) mass is 343 g/mol. The SMILES string of the molecule is CCN1C(=O)C(Sc2ccccc2)=C(c2ccc(Cl)cc2)C1=O. The summed E-state index contributed by atoms with van der Waals surface area (Å²) in [5, 5.41) is 0.593. The molecule has 0 aliphatic carbocycles. The summed E-state index contributed by atoms with van der Waals surface area (Å²) in [4.78, 5) is 27.9. The third kappa shape index (κ3) is 3.05. The zero-order chi connectivity index (χ0) is 16.4. The molecular formula is C18H14ClNO2S. The van der Waals surface area contributed by atoms with Crippen molar-refractivity contribution < 1.29 is 9.59 Å². The average Bonchev–Trinajstić information content (AvgIpc) is 2.80. The smallest absolute Gasteiger partial charge is 0.268 e. The number of likely N-dealkylation sites (N-methyl/N-ethyl adjacent to an activating group) is 1. The molecule has 5 heteroatoms. The van der Waals surface area contributed by atoms with Crippen LogP contribution in [0.5, 0.6) is 0 Å². The first-order valence-electron chi connectivity index (χ1n) is 7.21. The zero-order valence-corrected chi connectivity index (χ0v) is 14.0. The number of thioether (sulfide) groups is 1. The van der Waals surface area contributed by atoms with Crippen molar-refractivity contribution in [2.75, 3.05) is 6.54 Å². The lowest BCUT2D eigenvalue weighted by atomic mass is 10.1. The Morgan fingerprint density at radius 3 is 2.22 bits per heavy atom. The number of nitrogens with zero attached hydrogens (tertiary/aromatic N) is 1. The van der Waals surface area contributed by atoms with E-state index in [0.717, 1.165) is 4.90 Å². The third-order valence-electron chi connectivity index (χ3n) is 3.54. The first-order chi connectivity index (χ1) is 11.1. The Hall–Kier alpha value is -2.04. The van der Waals surface area contributed by atoms with Crippen LogP contribution < -0.4 is 0 Å². The molecule has 1 aliphatic rings. The molecule has 0 atom stereocenters. The normalized spacial score (nSPS) is 14.8. The number of amides is 2. The minimum atomic E-state index is -0.252. The molecule has 0 fully saturated rings. The van der Waals surface area contributed by atoms with Crippen molar-refractivity contribution in [3.63, 3.8) is 0 Å². The van der Waals surface area contributed by atoms with Crippen molar-refractivity contribution in [3.05, 3.63) is 70.1 Å². The van der Waals surface area contributed by atoms with Gasteiger partial charge in [0.05, 0.1) is 10.5 Å². The van der Waals surface area contributed by atoms with Gasteiger partial charge < -0.3 is 0 Å². The quantitative estimate of drug-likeness (QED) is 0.779. The second-order valence-electron chi connectivity index (χ2n) is 4.98. The van der Waals surface area contributed by atoms with Crippen molar-refractivity contribution in [2.45, 2.75) is 11.8 Å². The maximum Gasteiger partial charge on any atom is 0.268 e. The Balaban J connectivity index is 2.08. The molecule has 0 saturated heterocycles. The van der Waals surface area contributed by atoms with Crippen molar-refractivity contribution in [3.8, 4) is 0 Å². The number of rotatable bonds is 4. The number of carbonyl (C=O) groups is 2. The summed E-state index contributed by atoms with van der Waals surface area (Å²) in [6.45, 7) is 2.15. The highest BCUT2D eigenvalue weighted by atomic mass is 35.5. The zero-order valence-electron chi connectivity index (χ0n) is 12.5. The van der Waals surface area contributed by atoms with Gasteiger partial charge in [0.2, 0.25) is 0 Å². The van der Waals surface area contributed by atoms with E-state index in [1.807, 2.05) is 30.3 Å². The molecule has 2 amide bonds. The first kappa shape index (κ1) is 15.8. The largest absolute Gasteiger partial charge is 0.274 e. The fraction of sp³-hybridized carbons (Fsp3) is 0.111. The predicted octanol–water partition coefficient (Wildman–Crippen LogP) is 4.23. The summed E-state index contributed by atoms with van der Waals surface area (Å²) < 4.78 is 0. The van der Waals surface area contributed by atoms with E-state index in [4.69, 9.17) is 11.6 Å². The fourth-order valence-corrected chi connectivity index (χ4v) is 3.57. The van der Waals surface area contributed by atoms with Crippen LogP contribution in [0, 0.1) is 0 Å². The van der Waals surface area contributed by atoms with E-state index in [0.29, 0.717) is 27.6 Å². The second kappa shape index (κ2) is 6.60. The van der Waals surface area contributed by atoms with Crippen LogP contribution in [0.4, 0.5) is 0 Å². The molecule has 0 aromatic heterocycles. The van der Waals surface area contributed by atoms with Gasteiger partial charge in [0.1, 0.15) is 0 Å². The van der Waals surface area contributed by atoms with Crippen LogP contribution in [0.1, 0.15) is 12.5 Å². The van der Waals surface area contributed by atoms with Gasteiger partial charge in [-0.3, -0.25) is 14.5 Å². The number of imide groups is 1. The predicted molar refractivity (Wildman–Crippen MR) is 93.1 cm³/mol. The van der Waals surface area contributed by atoms with E-state index in [2.05, 4.69) is 0 Å². The van der Waals surface area contributed by atoms with E-state index in [1.165, 1.54) is 16.7 Å². The molecule has 0 unspecified atom stereocenters.